The second-order valence-corrected chi connectivity index (χ2v) is 5.98. The maximum atomic E-state index is 12.8. The van der Waals surface area contributed by atoms with Gasteiger partial charge in [-0.15, -0.1) is 0 Å². The van der Waals surface area contributed by atoms with E-state index in [1.807, 2.05) is 11.8 Å². The summed E-state index contributed by atoms with van der Waals surface area (Å²) in [6.07, 6.45) is -4.10. The van der Waals surface area contributed by atoms with Crippen LogP contribution in [0.2, 0.25) is 0 Å². The van der Waals surface area contributed by atoms with Gasteiger partial charge in [0.25, 0.3) is 0 Å². The summed E-state index contributed by atoms with van der Waals surface area (Å²) in [4.78, 5) is 1.96. The second kappa shape index (κ2) is 5.14. The topological polar surface area (TPSA) is 15.3 Å². The molecule has 0 bridgehead atoms. The van der Waals surface area contributed by atoms with Crippen LogP contribution in [0.3, 0.4) is 0 Å². The third-order valence-electron chi connectivity index (χ3n) is 3.69. The van der Waals surface area contributed by atoms with Gasteiger partial charge in [0.2, 0.25) is 0 Å². The van der Waals surface area contributed by atoms with Crippen molar-refractivity contribution in [2.24, 2.45) is 11.3 Å². The molecule has 0 radical (unpaired) electrons. The molecule has 1 N–H and O–H groups in total. The molecule has 1 aliphatic heterocycles. The highest BCUT2D eigenvalue weighted by molar-refractivity contribution is 4.85. The predicted molar refractivity (Wildman–Crippen MR) is 62.9 cm³/mol. The molecule has 1 saturated heterocycles. The molecule has 17 heavy (non-hydrogen) atoms. The minimum atomic E-state index is -4.10. The van der Waals surface area contributed by atoms with Crippen molar-refractivity contribution >= 4 is 0 Å². The average Bonchev–Trinajstić information content (AvgIpc) is 2.38. The van der Waals surface area contributed by atoms with E-state index in [0.29, 0.717) is 13.1 Å². The van der Waals surface area contributed by atoms with Crippen LogP contribution in [0.5, 0.6) is 0 Å². The van der Waals surface area contributed by atoms with E-state index in [4.69, 9.17) is 0 Å². The van der Waals surface area contributed by atoms with Gasteiger partial charge in [-0.05, 0) is 12.3 Å². The fraction of sp³-hybridized carbons (Fsp3) is 1.00. The molecule has 0 amide bonds. The van der Waals surface area contributed by atoms with E-state index >= 15 is 0 Å². The standard InChI is InChI=1S/C12H23F3N2/c1-9(11(2,3)4)17-6-5-16-7-10(8-17)12(13,14)15/h9-10,16H,5-8H2,1-4H3. The lowest BCUT2D eigenvalue weighted by atomic mass is 9.86. The van der Waals surface area contributed by atoms with Crippen molar-refractivity contribution in [1.29, 1.82) is 0 Å². The zero-order valence-corrected chi connectivity index (χ0v) is 11.1. The van der Waals surface area contributed by atoms with Gasteiger partial charge in [0.15, 0.2) is 0 Å². The van der Waals surface area contributed by atoms with Crippen LogP contribution < -0.4 is 5.32 Å². The maximum absolute atomic E-state index is 12.8. The molecule has 0 aromatic carbocycles. The van der Waals surface area contributed by atoms with Gasteiger partial charge in [-0.2, -0.15) is 13.2 Å². The molecule has 1 fully saturated rings. The van der Waals surface area contributed by atoms with Crippen molar-refractivity contribution in [2.45, 2.75) is 39.9 Å². The van der Waals surface area contributed by atoms with Gasteiger partial charge in [-0.1, -0.05) is 20.8 Å². The van der Waals surface area contributed by atoms with Gasteiger partial charge >= 0.3 is 6.18 Å². The Morgan fingerprint density at radius 1 is 1.24 bits per heavy atom. The number of nitrogens with one attached hydrogen (secondary N) is 1. The molecule has 0 saturated carbocycles. The number of hydrogen-bond acceptors (Lipinski definition) is 2. The van der Waals surface area contributed by atoms with E-state index in [-0.39, 0.29) is 24.5 Å². The van der Waals surface area contributed by atoms with Gasteiger partial charge < -0.3 is 5.32 Å². The molecule has 0 aromatic heterocycles. The third kappa shape index (κ3) is 4.14. The molecule has 2 atom stereocenters. The summed E-state index contributed by atoms with van der Waals surface area (Å²) in [5.74, 6) is -1.25. The van der Waals surface area contributed by atoms with Crippen molar-refractivity contribution in [3.63, 3.8) is 0 Å². The van der Waals surface area contributed by atoms with Gasteiger partial charge in [0, 0.05) is 32.2 Å². The average molecular weight is 252 g/mol. The molecule has 1 aliphatic rings. The van der Waals surface area contributed by atoms with E-state index in [2.05, 4.69) is 26.1 Å². The number of nitrogens with zero attached hydrogens (tertiary/aromatic N) is 1. The van der Waals surface area contributed by atoms with Crippen molar-refractivity contribution in [2.75, 3.05) is 26.2 Å². The number of hydrogen-bond donors (Lipinski definition) is 1. The quantitative estimate of drug-likeness (QED) is 0.771. The summed E-state index contributed by atoms with van der Waals surface area (Å²) in [5.41, 5.74) is 0.000485. The van der Waals surface area contributed by atoms with Crippen LogP contribution in [0.15, 0.2) is 0 Å². The Bertz CT molecular complexity index is 245. The van der Waals surface area contributed by atoms with Crippen molar-refractivity contribution in [3.05, 3.63) is 0 Å². The van der Waals surface area contributed by atoms with Gasteiger partial charge in [-0.3, -0.25) is 4.90 Å². The van der Waals surface area contributed by atoms with Crippen LogP contribution in [0.25, 0.3) is 0 Å². The highest BCUT2D eigenvalue weighted by Gasteiger charge is 2.42. The van der Waals surface area contributed by atoms with Crippen molar-refractivity contribution in [3.8, 4) is 0 Å². The van der Waals surface area contributed by atoms with E-state index < -0.39 is 12.1 Å². The summed E-state index contributed by atoms with van der Waals surface area (Å²) in [6.45, 7) is 9.68. The first-order valence-electron chi connectivity index (χ1n) is 6.14. The fourth-order valence-electron chi connectivity index (χ4n) is 2.06. The van der Waals surface area contributed by atoms with Gasteiger partial charge in [0.1, 0.15) is 0 Å². The lowest BCUT2D eigenvalue weighted by Gasteiger charge is -2.38. The molecule has 2 nitrogen and oxygen atoms in total. The molecule has 0 aromatic rings. The minimum Gasteiger partial charge on any atom is -0.315 e. The summed E-state index contributed by atoms with van der Waals surface area (Å²) in [7, 11) is 0. The predicted octanol–water partition coefficient (Wildman–Crippen LogP) is 2.50. The lowest BCUT2D eigenvalue weighted by molar-refractivity contribution is -0.177. The Kier molecular flexibility index (Phi) is 4.47. The van der Waals surface area contributed by atoms with E-state index in [0.717, 1.165) is 0 Å². The van der Waals surface area contributed by atoms with E-state index in [9.17, 15) is 13.2 Å². The van der Waals surface area contributed by atoms with Crippen LogP contribution in [0.1, 0.15) is 27.7 Å². The molecule has 2 unspecified atom stereocenters. The summed E-state index contributed by atoms with van der Waals surface area (Å²) < 4.78 is 38.4. The van der Waals surface area contributed by atoms with Crippen LogP contribution >= 0.6 is 0 Å². The Labute approximate surface area is 102 Å². The molecule has 0 spiro atoms. The van der Waals surface area contributed by atoms with Crippen LogP contribution in [-0.2, 0) is 0 Å². The SMILES string of the molecule is CC(N1CCNCC(C(F)(F)F)C1)C(C)(C)C. The summed E-state index contributed by atoms with van der Waals surface area (Å²) in [5, 5.41) is 2.88. The largest absolute Gasteiger partial charge is 0.394 e. The molecule has 1 heterocycles. The van der Waals surface area contributed by atoms with Crippen LogP contribution in [-0.4, -0.2) is 43.3 Å². The molecule has 1 rings (SSSR count). The zero-order valence-electron chi connectivity index (χ0n) is 11.1. The highest BCUT2D eigenvalue weighted by atomic mass is 19.4. The van der Waals surface area contributed by atoms with Crippen LogP contribution in [0, 0.1) is 11.3 Å². The Hall–Kier alpha value is -0.290. The molecule has 102 valence electrons. The first-order valence-corrected chi connectivity index (χ1v) is 6.14. The molecule has 5 heteroatoms. The summed E-state index contributed by atoms with van der Waals surface area (Å²) in [6, 6.07) is 0.146. The third-order valence-corrected chi connectivity index (χ3v) is 3.69. The van der Waals surface area contributed by atoms with Gasteiger partial charge in [0.05, 0.1) is 5.92 Å². The molecular weight excluding hydrogens is 229 g/mol. The molecule has 0 aliphatic carbocycles. The minimum absolute atomic E-state index is 0.000485. The van der Waals surface area contributed by atoms with E-state index in [1.54, 1.807) is 0 Å². The Balaban J connectivity index is 2.73. The lowest BCUT2D eigenvalue weighted by Crippen LogP contribution is -2.46. The number of alkyl halides is 3. The zero-order chi connectivity index (χ0) is 13.3. The first-order chi connectivity index (χ1) is 7.62. The maximum Gasteiger partial charge on any atom is 0.394 e. The smallest absolute Gasteiger partial charge is 0.315 e. The second-order valence-electron chi connectivity index (χ2n) is 5.98. The summed E-state index contributed by atoms with van der Waals surface area (Å²) >= 11 is 0. The highest BCUT2D eigenvalue weighted by Crippen LogP contribution is 2.30. The first kappa shape index (κ1) is 14.8. The number of rotatable bonds is 1. The molecular formula is C12H23F3N2. The van der Waals surface area contributed by atoms with Crippen LogP contribution in [0.4, 0.5) is 13.2 Å². The number of halogens is 3. The Morgan fingerprint density at radius 3 is 2.29 bits per heavy atom. The van der Waals surface area contributed by atoms with Crippen molar-refractivity contribution < 1.29 is 13.2 Å². The van der Waals surface area contributed by atoms with Gasteiger partial charge in [-0.25, -0.2) is 0 Å². The fourth-order valence-corrected chi connectivity index (χ4v) is 2.06. The van der Waals surface area contributed by atoms with Crippen molar-refractivity contribution in [1.82, 2.24) is 10.2 Å². The normalized spacial score (nSPS) is 26.6. The Morgan fingerprint density at radius 2 is 1.82 bits per heavy atom. The van der Waals surface area contributed by atoms with E-state index in [1.165, 1.54) is 0 Å². The monoisotopic (exact) mass is 252 g/mol.